The van der Waals surface area contributed by atoms with Crippen molar-refractivity contribution in [2.45, 2.75) is 271 Å². The molecule has 0 N–H and O–H groups in total. The number of unbranched alkanes of at least 4 members (excludes halogenated alkanes) is 25. The van der Waals surface area contributed by atoms with E-state index in [1.165, 1.54) is 122 Å². The SMILES string of the molecule is CC/C=C\C/C=C\C/C=C\C/C=C\C/C=C\CCCCCC(=O)OCC(COC(=O)CCCCCCCC/C=C\C=C/CCCCC)OC(=O)CCCCCCCCC/C=C\CCCCCCCC. The molecule has 0 saturated carbocycles. The van der Waals surface area contributed by atoms with Crippen LogP contribution < -0.4 is 0 Å². The van der Waals surface area contributed by atoms with Crippen molar-refractivity contribution in [1.29, 1.82) is 0 Å². The average Bonchev–Trinajstić information content (AvgIpc) is 3.35. The Bertz CT molecular complexity index is 1380. The van der Waals surface area contributed by atoms with Gasteiger partial charge in [-0.3, -0.25) is 14.4 Å². The Kier molecular flexibility index (Phi) is 53.9. The Morgan fingerprint density at radius 2 is 0.609 bits per heavy atom. The summed E-state index contributed by atoms with van der Waals surface area (Å²) in [6.07, 6.45) is 75.3. The van der Waals surface area contributed by atoms with Crippen LogP contribution in [-0.2, 0) is 28.6 Å². The molecule has 0 saturated heterocycles. The fraction of sp³-hybridized carbons (Fsp3) is 0.698. The van der Waals surface area contributed by atoms with Crippen molar-refractivity contribution in [3.8, 4) is 0 Å². The molecule has 1 unspecified atom stereocenters. The lowest BCUT2D eigenvalue weighted by molar-refractivity contribution is -0.167. The van der Waals surface area contributed by atoms with Gasteiger partial charge < -0.3 is 14.2 Å². The molecular formula is C63H106O6. The smallest absolute Gasteiger partial charge is 0.306 e. The third-order valence-electron chi connectivity index (χ3n) is 12.1. The quantitative estimate of drug-likeness (QED) is 0.0199. The van der Waals surface area contributed by atoms with Gasteiger partial charge in [0.15, 0.2) is 6.10 Å². The zero-order chi connectivity index (χ0) is 50.0. The summed E-state index contributed by atoms with van der Waals surface area (Å²) in [5.41, 5.74) is 0. The number of hydrogen-bond donors (Lipinski definition) is 0. The molecule has 6 nitrogen and oxygen atoms in total. The lowest BCUT2D eigenvalue weighted by Crippen LogP contribution is -2.30. The molecule has 0 heterocycles. The molecule has 0 aromatic rings. The highest BCUT2D eigenvalue weighted by Crippen LogP contribution is 2.14. The van der Waals surface area contributed by atoms with Crippen LogP contribution in [0.1, 0.15) is 265 Å². The van der Waals surface area contributed by atoms with Crippen LogP contribution in [0.2, 0.25) is 0 Å². The molecule has 0 aromatic heterocycles. The predicted molar refractivity (Wildman–Crippen MR) is 297 cm³/mol. The molecule has 394 valence electrons. The van der Waals surface area contributed by atoms with Gasteiger partial charge in [0.1, 0.15) is 13.2 Å². The van der Waals surface area contributed by atoms with Crippen molar-refractivity contribution in [3.05, 3.63) is 97.2 Å². The molecule has 0 amide bonds. The van der Waals surface area contributed by atoms with Crippen molar-refractivity contribution < 1.29 is 28.6 Å². The number of hydrogen-bond acceptors (Lipinski definition) is 6. The van der Waals surface area contributed by atoms with E-state index in [0.29, 0.717) is 19.3 Å². The molecule has 0 spiro atoms. The maximum atomic E-state index is 12.9. The van der Waals surface area contributed by atoms with Gasteiger partial charge in [-0.25, -0.2) is 0 Å². The van der Waals surface area contributed by atoms with Gasteiger partial charge in [-0.15, -0.1) is 0 Å². The van der Waals surface area contributed by atoms with Gasteiger partial charge in [-0.1, -0.05) is 227 Å². The van der Waals surface area contributed by atoms with Crippen molar-refractivity contribution in [2.75, 3.05) is 13.2 Å². The number of carbonyl (C=O) groups is 3. The summed E-state index contributed by atoms with van der Waals surface area (Å²) < 4.78 is 16.8. The predicted octanol–water partition coefficient (Wildman–Crippen LogP) is 19.3. The van der Waals surface area contributed by atoms with E-state index in [9.17, 15) is 14.4 Å². The molecule has 1 atom stereocenters. The highest BCUT2D eigenvalue weighted by Gasteiger charge is 2.19. The first-order valence-electron chi connectivity index (χ1n) is 28.8. The summed E-state index contributed by atoms with van der Waals surface area (Å²) in [5, 5.41) is 0. The van der Waals surface area contributed by atoms with Gasteiger partial charge in [0.05, 0.1) is 0 Å². The van der Waals surface area contributed by atoms with Crippen LogP contribution in [0.25, 0.3) is 0 Å². The molecule has 0 fully saturated rings. The topological polar surface area (TPSA) is 78.9 Å². The van der Waals surface area contributed by atoms with Gasteiger partial charge in [-0.2, -0.15) is 0 Å². The Balaban J connectivity index is 4.47. The van der Waals surface area contributed by atoms with E-state index in [0.717, 1.165) is 103 Å². The lowest BCUT2D eigenvalue weighted by atomic mass is 10.1. The molecule has 0 aliphatic rings. The first kappa shape index (κ1) is 65.3. The third-order valence-corrected chi connectivity index (χ3v) is 12.1. The summed E-state index contributed by atoms with van der Waals surface area (Å²) >= 11 is 0. The minimum absolute atomic E-state index is 0.0964. The summed E-state index contributed by atoms with van der Waals surface area (Å²) in [6.45, 7) is 6.46. The van der Waals surface area contributed by atoms with Crippen LogP contribution in [0.15, 0.2) is 97.2 Å². The maximum Gasteiger partial charge on any atom is 0.306 e. The minimum Gasteiger partial charge on any atom is -0.462 e. The minimum atomic E-state index is -0.800. The molecule has 0 aliphatic carbocycles. The van der Waals surface area contributed by atoms with Crippen LogP contribution in [0, 0.1) is 0 Å². The third kappa shape index (κ3) is 55.1. The van der Waals surface area contributed by atoms with Crippen LogP contribution in [0.3, 0.4) is 0 Å². The number of ether oxygens (including phenoxy) is 3. The van der Waals surface area contributed by atoms with E-state index < -0.39 is 6.10 Å². The Morgan fingerprint density at radius 1 is 0.319 bits per heavy atom. The standard InChI is InChI=1S/C63H106O6/c1-4-7-10-13-16-19-22-25-28-30-31-33-35-38-41-44-47-50-53-56-62(65)68-59-60(58-67-61(64)55-52-49-46-43-40-37-34-27-24-21-18-15-12-9-6-3)69-63(66)57-54-51-48-45-42-39-36-32-29-26-23-20-17-14-11-8-5-2/h7,10,16,18-19,21,24-29,31,33,38,41,60H,4-6,8-9,11-15,17,20,22-23,30,32,34-37,39-40,42-59H2,1-3H3/b10-7-,19-16-,21-18-,27-24-,28-25-,29-26-,33-31-,41-38-. The molecule has 69 heavy (non-hydrogen) atoms. The maximum absolute atomic E-state index is 12.9. The molecule has 0 aliphatic heterocycles. The van der Waals surface area contributed by atoms with Crippen LogP contribution in [0.4, 0.5) is 0 Å². The molecule has 0 rings (SSSR count). The van der Waals surface area contributed by atoms with E-state index in [1.807, 2.05) is 0 Å². The molecule has 0 bridgehead atoms. The molecular weight excluding hydrogens is 853 g/mol. The highest BCUT2D eigenvalue weighted by molar-refractivity contribution is 5.71. The molecule has 0 radical (unpaired) electrons. The van der Waals surface area contributed by atoms with Crippen molar-refractivity contribution in [3.63, 3.8) is 0 Å². The average molecular weight is 960 g/mol. The summed E-state index contributed by atoms with van der Waals surface area (Å²) in [7, 11) is 0. The second kappa shape index (κ2) is 56.9. The Labute approximate surface area is 426 Å². The number of esters is 3. The summed E-state index contributed by atoms with van der Waals surface area (Å²) in [5.74, 6) is -0.941. The molecule has 0 aromatic carbocycles. The van der Waals surface area contributed by atoms with Crippen LogP contribution >= 0.6 is 0 Å². The van der Waals surface area contributed by atoms with Crippen molar-refractivity contribution in [1.82, 2.24) is 0 Å². The number of rotatable bonds is 51. The van der Waals surface area contributed by atoms with Gasteiger partial charge in [0.2, 0.25) is 0 Å². The van der Waals surface area contributed by atoms with Crippen LogP contribution in [-0.4, -0.2) is 37.2 Å². The summed E-state index contributed by atoms with van der Waals surface area (Å²) in [4.78, 5) is 38.2. The van der Waals surface area contributed by atoms with Crippen molar-refractivity contribution >= 4 is 17.9 Å². The first-order valence-corrected chi connectivity index (χ1v) is 28.8. The monoisotopic (exact) mass is 959 g/mol. The Hall–Kier alpha value is -3.67. The van der Waals surface area contributed by atoms with E-state index in [1.54, 1.807) is 0 Å². The Morgan fingerprint density at radius 3 is 1.03 bits per heavy atom. The van der Waals surface area contributed by atoms with E-state index in [4.69, 9.17) is 14.2 Å². The first-order chi connectivity index (χ1) is 34.0. The largest absolute Gasteiger partial charge is 0.462 e. The van der Waals surface area contributed by atoms with Gasteiger partial charge in [0.25, 0.3) is 0 Å². The van der Waals surface area contributed by atoms with E-state index in [2.05, 4.69) is 118 Å². The van der Waals surface area contributed by atoms with Gasteiger partial charge in [0, 0.05) is 19.3 Å². The van der Waals surface area contributed by atoms with Crippen LogP contribution in [0.5, 0.6) is 0 Å². The fourth-order valence-corrected chi connectivity index (χ4v) is 7.75. The van der Waals surface area contributed by atoms with Gasteiger partial charge in [-0.05, 0) is 116 Å². The van der Waals surface area contributed by atoms with Crippen molar-refractivity contribution in [2.24, 2.45) is 0 Å². The normalized spacial score (nSPS) is 12.8. The highest BCUT2D eigenvalue weighted by atomic mass is 16.6. The summed E-state index contributed by atoms with van der Waals surface area (Å²) in [6, 6.07) is 0. The zero-order valence-electron chi connectivity index (χ0n) is 45.0. The number of carbonyl (C=O) groups excluding carboxylic acids is 3. The molecule has 6 heteroatoms. The number of allylic oxidation sites excluding steroid dienone is 16. The second-order valence-electron chi connectivity index (χ2n) is 18.8. The van der Waals surface area contributed by atoms with E-state index >= 15 is 0 Å². The fourth-order valence-electron chi connectivity index (χ4n) is 7.75. The zero-order valence-corrected chi connectivity index (χ0v) is 45.0. The lowest BCUT2D eigenvalue weighted by Gasteiger charge is -2.18. The second-order valence-corrected chi connectivity index (χ2v) is 18.8. The van der Waals surface area contributed by atoms with Gasteiger partial charge >= 0.3 is 17.9 Å². The van der Waals surface area contributed by atoms with E-state index in [-0.39, 0.29) is 31.1 Å².